The van der Waals surface area contributed by atoms with E-state index in [-0.39, 0.29) is 22.2 Å². The molecule has 1 aromatic heterocycles. The van der Waals surface area contributed by atoms with E-state index in [1.54, 1.807) is 6.07 Å². The normalized spacial score (nSPS) is 30.9. The molecule has 4 aliphatic carbocycles. The van der Waals surface area contributed by atoms with Gasteiger partial charge in [0.2, 0.25) is 0 Å². The summed E-state index contributed by atoms with van der Waals surface area (Å²) in [4.78, 5) is 36.4. The second-order valence-corrected chi connectivity index (χ2v) is 9.47. The van der Waals surface area contributed by atoms with Crippen molar-refractivity contribution in [3.05, 3.63) is 51.4 Å². The zero-order valence-electron chi connectivity index (χ0n) is 16.5. The molecule has 5 atom stereocenters. The lowest BCUT2D eigenvalue weighted by Gasteiger charge is -2.61. The van der Waals surface area contributed by atoms with E-state index in [2.05, 4.69) is 10.4 Å². The molecule has 0 radical (unpaired) electrons. The van der Waals surface area contributed by atoms with Crippen LogP contribution >= 0.6 is 11.6 Å². The molecule has 4 fully saturated rings. The maximum Gasteiger partial charge on any atom is 0.288 e. The smallest absolute Gasteiger partial charge is 0.288 e. The first-order chi connectivity index (χ1) is 14.8. The molecule has 1 N–H and O–H groups in total. The summed E-state index contributed by atoms with van der Waals surface area (Å²) in [5, 5.41) is 30.3. The van der Waals surface area contributed by atoms with Gasteiger partial charge in [-0.3, -0.25) is 4.79 Å². The number of anilines is 2. The molecule has 8 nitrogen and oxygen atoms in total. The number of aromatic nitrogens is 2. The molecule has 2 aromatic rings. The summed E-state index contributed by atoms with van der Waals surface area (Å²) in [6.45, 7) is 0. The van der Waals surface area contributed by atoms with E-state index >= 15 is 0 Å². The van der Waals surface area contributed by atoms with E-state index in [1.165, 1.54) is 29.1 Å². The Morgan fingerprint density at radius 1 is 1.16 bits per heavy atom. The zero-order chi connectivity index (χ0) is 21.9. The maximum absolute atomic E-state index is 13.2. The molecule has 4 saturated carbocycles. The van der Waals surface area contributed by atoms with Gasteiger partial charge in [-0.1, -0.05) is 23.7 Å². The summed E-state index contributed by atoms with van der Waals surface area (Å²) in [6.07, 6.45) is 5.33. The third-order valence-electron chi connectivity index (χ3n) is 7.25. The van der Waals surface area contributed by atoms with Crippen LogP contribution in [0.1, 0.15) is 42.5 Å². The zero-order valence-corrected chi connectivity index (χ0v) is 17.3. The molecule has 6 rings (SSSR count). The van der Waals surface area contributed by atoms with E-state index in [0.29, 0.717) is 30.4 Å². The van der Waals surface area contributed by atoms with Crippen LogP contribution in [0.2, 0.25) is 5.02 Å². The van der Waals surface area contributed by atoms with Gasteiger partial charge in [0, 0.05) is 17.6 Å². The minimum Gasteiger partial charge on any atom is -0.550 e. The van der Waals surface area contributed by atoms with Crippen molar-refractivity contribution in [1.29, 1.82) is 0 Å². The number of aromatic carboxylic acids is 1. The van der Waals surface area contributed by atoms with Crippen LogP contribution in [0.3, 0.4) is 0 Å². The fourth-order valence-corrected chi connectivity index (χ4v) is 6.61. The molecule has 0 spiro atoms. The highest BCUT2D eigenvalue weighted by Gasteiger charge is 2.59. The summed E-state index contributed by atoms with van der Waals surface area (Å²) < 4.78 is 1.28. The van der Waals surface area contributed by atoms with Crippen LogP contribution in [-0.2, 0) is 10.3 Å². The second-order valence-electron chi connectivity index (χ2n) is 9.09. The number of nitrogens with one attached hydrogen (secondary N) is 1. The van der Waals surface area contributed by atoms with Crippen LogP contribution in [0.15, 0.2) is 35.3 Å². The Bertz CT molecular complexity index is 1130. The van der Waals surface area contributed by atoms with Gasteiger partial charge >= 0.3 is 0 Å². The fourth-order valence-electron chi connectivity index (χ4n) is 6.43. The lowest BCUT2D eigenvalue weighted by atomic mass is 9.48. The molecule has 162 valence electrons. The van der Waals surface area contributed by atoms with E-state index in [1.807, 2.05) is 0 Å². The first-order valence-electron chi connectivity index (χ1n) is 10.4. The number of benzene rings is 1. The number of carboxylic acids is 2. The van der Waals surface area contributed by atoms with Crippen molar-refractivity contribution in [2.24, 2.45) is 23.7 Å². The third-order valence-corrected chi connectivity index (χ3v) is 7.61. The van der Waals surface area contributed by atoms with Gasteiger partial charge in [0.05, 0.1) is 23.4 Å². The van der Waals surface area contributed by atoms with E-state index in [0.717, 1.165) is 19.3 Å². The Balaban J connectivity index is 1.54. The first kappa shape index (κ1) is 20.1. The number of rotatable bonds is 5. The van der Waals surface area contributed by atoms with Gasteiger partial charge in [0.1, 0.15) is 5.02 Å². The number of carbonyl (C=O) groups is 2. The van der Waals surface area contributed by atoms with Crippen LogP contribution in [0.5, 0.6) is 0 Å². The first-order valence-corrected chi connectivity index (χ1v) is 10.7. The van der Waals surface area contributed by atoms with Gasteiger partial charge in [0.15, 0.2) is 0 Å². The third kappa shape index (κ3) is 3.12. The molecule has 0 amide bonds. The topological polar surface area (TPSA) is 127 Å². The van der Waals surface area contributed by atoms with E-state index in [9.17, 15) is 24.6 Å². The average molecular weight is 442 g/mol. The minimum atomic E-state index is -1.32. The van der Waals surface area contributed by atoms with Crippen LogP contribution in [0.25, 0.3) is 0 Å². The standard InChI is InChI=1S/C22H22ClN3O5/c23-18-16(25-15-3-1-2-13(7-15)20(28)29)10-24-26(19(18)27)22-8-11-4-12(9-22)6-14(5-11)17(22)21(30)31/h1-3,7,10-12,14,17,25H,4-6,8-9H2,(H,28,29)(H,30,31)/p-2/t11-,12+,14?,17-,22?/m1/s1. The summed E-state index contributed by atoms with van der Waals surface area (Å²) in [7, 11) is 0. The molecule has 4 bridgehead atoms. The highest BCUT2D eigenvalue weighted by molar-refractivity contribution is 6.33. The highest BCUT2D eigenvalue weighted by atomic mass is 35.5. The summed E-state index contributed by atoms with van der Waals surface area (Å²) in [5.74, 6) is -2.46. The van der Waals surface area contributed by atoms with Crippen LogP contribution in [0.4, 0.5) is 11.4 Å². The lowest BCUT2D eigenvalue weighted by Crippen LogP contribution is -2.65. The average Bonchev–Trinajstić information content (AvgIpc) is 2.70. The lowest BCUT2D eigenvalue weighted by molar-refractivity contribution is -0.323. The Morgan fingerprint density at radius 2 is 1.87 bits per heavy atom. The predicted octanol–water partition coefficient (Wildman–Crippen LogP) is 0.905. The van der Waals surface area contributed by atoms with Gasteiger partial charge in [-0.15, -0.1) is 0 Å². The molecule has 31 heavy (non-hydrogen) atoms. The van der Waals surface area contributed by atoms with Gasteiger partial charge in [-0.05, 0) is 67.6 Å². The van der Waals surface area contributed by atoms with Gasteiger partial charge < -0.3 is 25.1 Å². The Hall–Kier alpha value is -2.87. The number of hydrogen-bond donors (Lipinski definition) is 1. The largest absolute Gasteiger partial charge is 0.550 e. The molecule has 0 saturated heterocycles. The van der Waals surface area contributed by atoms with Crippen molar-refractivity contribution in [2.75, 3.05) is 5.32 Å². The van der Waals surface area contributed by atoms with E-state index in [4.69, 9.17) is 11.6 Å². The summed E-state index contributed by atoms with van der Waals surface area (Å²) in [5.41, 5.74) is -0.872. The quantitative estimate of drug-likeness (QED) is 0.730. The van der Waals surface area contributed by atoms with Crippen LogP contribution < -0.4 is 21.1 Å². The van der Waals surface area contributed by atoms with Crippen molar-refractivity contribution < 1.29 is 19.8 Å². The maximum atomic E-state index is 13.2. The number of carbonyl (C=O) groups excluding carboxylic acids is 2. The molecule has 0 aliphatic heterocycles. The van der Waals surface area contributed by atoms with Crippen LogP contribution in [0, 0.1) is 23.7 Å². The number of halogens is 1. The van der Waals surface area contributed by atoms with Crippen molar-refractivity contribution in [3.63, 3.8) is 0 Å². The van der Waals surface area contributed by atoms with Gasteiger partial charge in [0.25, 0.3) is 5.56 Å². The fraction of sp³-hybridized carbons (Fsp3) is 0.455. The number of aliphatic carboxylic acids is 1. The van der Waals surface area contributed by atoms with Crippen molar-refractivity contribution in [2.45, 2.75) is 37.6 Å². The van der Waals surface area contributed by atoms with E-state index < -0.39 is 29.0 Å². The van der Waals surface area contributed by atoms with Gasteiger partial charge in [-0.2, -0.15) is 5.10 Å². The second kappa shape index (κ2) is 7.09. The molecule has 9 heteroatoms. The predicted molar refractivity (Wildman–Crippen MR) is 108 cm³/mol. The SMILES string of the molecule is O=C([O-])c1cccc(Nc2cnn(C34C[C@@H]5CC(C[C@@H](C5)C3)[C@@H]4C(=O)[O-])c(=O)c2Cl)c1. The number of nitrogens with zero attached hydrogens (tertiary/aromatic N) is 2. The van der Waals surface area contributed by atoms with Gasteiger partial charge in [-0.25, -0.2) is 4.68 Å². The summed E-state index contributed by atoms with van der Waals surface area (Å²) in [6, 6.07) is 5.92. The Morgan fingerprint density at radius 3 is 2.52 bits per heavy atom. The molecule has 2 unspecified atom stereocenters. The van der Waals surface area contributed by atoms with Crippen molar-refractivity contribution in [1.82, 2.24) is 9.78 Å². The number of hydrogen-bond acceptors (Lipinski definition) is 7. The molecular weight excluding hydrogens is 422 g/mol. The highest BCUT2D eigenvalue weighted by Crippen LogP contribution is 2.61. The van der Waals surface area contributed by atoms with Crippen molar-refractivity contribution in [3.8, 4) is 0 Å². The summed E-state index contributed by atoms with van der Waals surface area (Å²) >= 11 is 6.39. The van der Waals surface area contributed by atoms with Crippen LogP contribution in [-0.4, -0.2) is 21.7 Å². The van der Waals surface area contributed by atoms with Crippen molar-refractivity contribution >= 4 is 34.9 Å². The monoisotopic (exact) mass is 441 g/mol. The Kier molecular flexibility index (Phi) is 4.58. The number of carboxylic acid groups (broad SMARTS) is 2. The molecule has 1 aromatic carbocycles. The molecular formula is C22H20ClN3O5-2. The molecule has 1 heterocycles. The molecule has 4 aliphatic rings. The minimum absolute atomic E-state index is 0.00565. The Labute approximate surface area is 182 Å².